The summed E-state index contributed by atoms with van der Waals surface area (Å²) >= 11 is 0. The normalized spacial score (nSPS) is 18.3. The van der Waals surface area contributed by atoms with E-state index in [4.69, 9.17) is 14.2 Å². The molecular weight excluding hydrogens is 342 g/mol. The lowest BCUT2D eigenvalue weighted by Gasteiger charge is -2.39. The first-order chi connectivity index (χ1) is 13.2. The Balaban J connectivity index is 1.61. The second-order valence-corrected chi connectivity index (χ2v) is 7.24. The summed E-state index contributed by atoms with van der Waals surface area (Å²) in [5.41, 5.74) is 1.58. The minimum atomic E-state index is -0.374. The van der Waals surface area contributed by atoms with Crippen molar-refractivity contribution in [2.45, 2.75) is 31.4 Å². The molecule has 2 aliphatic heterocycles. The zero-order valence-electron chi connectivity index (χ0n) is 15.6. The van der Waals surface area contributed by atoms with Crippen molar-refractivity contribution < 1.29 is 19.0 Å². The third kappa shape index (κ3) is 3.78. The quantitative estimate of drug-likeness (QED) is 0.836. The zero-order valence-corrected chi connectivity index (χ0v) is 15.6. The SMILES string of the molecule is COc1ccccc1CC(=O)N1Cc2ccccc2OC2(CCOCC2)C1. The van der Waals surface area contributed by atoms with E-state index in [9.17, 15) is 4.79 Å². The predicted octanol–water partition coefficient (Wildman–Crippen LogP) is 3.21. The van der Waals surface area contributed by atoms with Crippen LogP contribution in [0.25, 0.3) is 0 Å². The van der Waals surface area contributed by atoms with Crippen molar-refractivity contribution in [3.63, 3.8) is 0 Å². The number of methoxy groups -OCH3 is 1. The first-order valence-corrected chi connectivity index (χ1v) is 9.43. The fourth-order valence-electron chi connectivity index (χ4n) is 3.91. The molecule has 1 spiro atoms. The van der Waals surface area contributed by atoms with Gasteiger partial charge >= 0.3 is 0 Å². The van der Waals surface area contributed by atoms with Crippen LogP contribution in [-0.2, 0) is 22.5 Å². The molecule has 0 unspecified atom stereocenters. The fraction of sp³-hybridized carbons (Fsp3) is 0.409. The largest absolute Gasteiger partial charge is 0.496 e. The standard InChI is InChI=1S/C22H25NO4/c1-25-19-8-4-2-6-17(19)14-21(24)23-15-18-7-3-5-9-20(18)27-22(16-23)10-12-26-13-11-22/h2-9H,10-16H2,1H3. The van der Waals surface area contributed by atoms with Gasteiger partial charge in [0.05, 0.1) is 33.3 Å². The van der Waals surface area contributed by atoms with Gasteiger partial charge in [0.1, 0.15) is 17.1 Å². The molecule has 1 saturated heterocycles. The first-order valence-electron chi connectivity index (χ1n) is 9.43. The van der Waals surface area contributed by atoms with Gasteiger partial charge in [0.2, 0.25) is 5.91 Å². The van der Waals surface area contributed by atoms with Gasteiger partial charge in [0.15, 0.2) is 0 Å². The van der Waals surface area contributed by atoms with Gasteiger partial charge in [0, 0.05) is 30.5 Å². The number of hydrogen-bond donors (Lipinski definition) is 0. The van der Waals surface area contributed by atoms with Crippen molar-refractivity contribution in [3.05, 3.63) is 59.7 Å². The molecule has 2 heterocycles. The van der Waals surface area contributed by atoms with Crippen molar-refractivity contribution in [1.82, 2.24) is 4.90 Å². The molecular formula is C22H25NO4. The van der Waals surface area contributed by atoms with Crippen LogP contribution in [-0.4, -0.2) is 43.3 Å². The monoisotopic (exact) mass is 367 g/mol. The number of rotatable bonds is 3. The zero-order chi connectivity index (χ0) is 18.7. The van der Waals surface area contributed by atoms with E-state index in [2.05, 4.69) is 0 Å². The van der Waals surface area contributed by atoms with E-state index in [1.54, 1.807) is 7.11 Å². The van der Waals surface area contributed by atoms with E-state index in [1.165, 1.54) is 0 Å². The van der Waals surface area contributed by atoms with Gasteiger partial charge in [-0.3, -0.25) is 4.79 Å². The summed E-state index contributed by atoms with van der Waals surface area (Å²) in [6.45, 7) is 2.47. The summed E-state index contributed by atoms with van der Waals surface area (Å²) in [7, 11) is 1.64. The molecule has 0 saturated carbocycles. The Labute approximate surface area is 159 Å². The molecule has 0 aliphatic carbocycles. The van der Waals surface area contributed by atoms with Gasteiger partial charge in [-0.1, -0.05) is 36.4 Å². The van der Waals surface area contributed by atoms with Crippen LogP contribution in [0.4, 0.5) is 0 Å². The van der Waals surface area contributed by atoms with Crippen LogP contribution in [0.3, 0.4) is 0 Å². The second-order valence-electron chi connectivity index (χ2n) is 7.24. The molecule has 2 aromatic rings. The highest BCUT2D eigenvalue weighted by atomic mass is 16.5. The van der Waals surface area contributed by atoms with Crippen molar-refractivity contribution in [1.29, 1.82) is 0 Å². The van der Waals surface area contributed by atoms with Crippen LogP contribution in [0.1, 0.15) is 24.0 Å². The fourth-order valence-corrected chi connectivity index (χ4v) is 3.91. The Hall–Kier alpha value is -2.53. The summed E-state index contributed by atoms with van der Waals surface area (Å²) in [4.78, 5) is 15.1. The van der Waals surface area contributed by atoms with Crippen LogP contribution >= 0.6 is 0 Å². The number of carbonyl (C=O) groups excluding carboxylic acids is 1. The third-order valence-corrected chi connectivity index (χ3v) is 5.43. The molecule has 2 aliphatic rings. The highest BCUT2D eigenvalue weighted by Crippen LogP contribution is 2.35. The molecule has 4 rings (SSSR count). The van der Waals surface area contributed by atoms with Crippen LogP contribution in [0.2, 0.25) is 0 Å². The lowest BCUT2D eigenvalue weighted by molar-refractivity contribution is -0.135. The molecule has 0 radical (unpaired) electrons. The van der Waals surface area contributed by atoms with Crippen molar-refractivity contribution in [2.24, 2.45) is 0 Å². The molecule has 0 aromatic heterocycles. The van der Waals surface area contributed by atoms with E-state index in [0.29, 0.717) is 32.7 Å². The van der Waals surface area contributed by atoms with Crippen LogP contribution in [0.15, 0.2) is 48.5 Å². The second kappa shape index (κ2) is 7.61. The lowest BCUT2D eigenvalue weighted by atomic mass is 9.93. The molecule has 0 bridgehead atoms. The summed E-state index contributed by atoms with van der Waals surface area (Å²) in [5.74, 6) is 1.72. The number of hydrogen-bond acceptors (Lipinski definition) is 4. The molecule has 142 valence electrons. The molecule has 2 aromatic carbocycles. The Morgan fingerprint density at radius 3 is 2.67 bits per heavy atom. The van der Waals surface area contributed by atoms with Crippen molar-refractivity contribution in [3.8, 4) is 11.5 Å². The highest BCUT2D eigenvalue weighted by Gasteiger charge is 2.40. The van der Waals surface area contributed by atoms with E-state index in [-0.39, 0.29) is 11.5 Å². The average Bonchev–Trinajstić information content (AvgIpc) is 2.85. The Morgan fingerprint density at radius 1 is 1.11 bits per heavy atom. The number of fused-ring (bicyclic) bond motifs is 1. The van der Waals surface area contributed by atoms with Gasteiger partial charge < -0.3 is 19.1 Å². The lowest BCUT2D eigenvalue weighted by Crippen LogP contribution is -2.51. The molecule has 27 heavy (non-hydrogen) atoms. The molecule has 0 atom stereocenters. The van der Waals surface area contributed by atoms with Crippen LogP contribution in [0, 0.1) is 0 Å². The van der Waals surface area contributed by atoms with Gasteiger partial charge in [-0.2, -0.15) is 0 Å². The van der Waals surface area contributed by atoms with Gasteiger partial charge in [-0.25, -0.2) is 0 Å². The topological polar surface area (TPSA) is 48.0 Å². The number of nitrogens with zero attached hydrogens (tertiary/aromatic N) is 1. The van der Waals surface area contributed by atoms with E-state index in [0.717, 1.165) is 35.5 Å². The Morgan fingerprint density at radius 2 is 1.85 bits per heavy atom. The van der Waals surface area contributed by atoms with Crippen molar-refractivity contribution in [2.75, 3.05) is 26.9 Å². The minimum Gasteiger partial charge on any atom is -0.496 e. The number of para-hydroxylation sites is 2. The summed E-state index contributed by atoms with van der Waals surface area (Å²) in [5, 5.41) is 0. The smallest absolute Gasteiger partial charge is 0.227 e. The highest BCUT2D eigenvalue weighted by molar-refractivity contribution is 5.80. The summed E-state index contributed by atoms with van der Waals surface area (Å²) in [6, 6.07) is 15.7. The van der Waals surface area contributed by atoms with Gasteiger partial charge in [0.25, 0.3) is 0 Å². The minimum absolute atomic E-state index is 0.0886. The first kappa shape index (κ1) is 17.9. The maximum absolute atomic E-state index is 13.2. The number of carbonyl (C=O) groups is 1. The van der Waals surface area contributed by atoms with Crippen LogP contribution < -0.4 is 9.47 Å². The molecule has 1 amide bonds. The van der Waals surface area contributed by atoms with E-state index in [1.807, 2.05) is 53.4 Å². The maximum atomic E-state index is 13.2. The van der Waals surface area contributed by atoms with Crippen molar-refractivity contribution >= 4 is 5.91 Å². The number of benzene rings is 2. The molecule has 1 fully saturated rings. The maximum Gasteiger partial charge on any atom is 0.227 e. The van der Waals surface area contributed by atoms with Crippen LogP contribution in [0.5, 0.6) is 11.5 Å². The van der Waals surface area contributed by atoms with E-state index < -0.39 is 0 Å². The third-order valence-electron chi connectivity index (χ3n) is 5.43. The van der Waals surface area contributed by atoms with Gasteiger partial charge in [-0.15, -0.1) is 0 Å². The molecule has 5 heteroatoms. The Bertz CT molecular complexity index is 813. The molecule has 5 nitrogen and oxygen atoms in total. The Kier molecular flexibility index (Phi) is 5.03. The average molecular weight is 367 g/mol. The summed E-state index contributed by atoms with van der Waals surface area (Å²) in [6.07, 6.45) is 1.90. The predicted molar refractivity (Wildman–Crippen MR) is 102 cm³/mol. The summed E-state index contributed by atoms with van der Waals surface area (Å²) < 4.78 is 17.4. The van der Waals surface area contributed by atoms with Gasteiger partial charge in [-0.05, 0) is 12.1 Å². The van der Waals surface area contributed by atoms with E-state index >= 15 is 0 Å². The number of amides is 1. The molecule has 0 N–H and O–H groups in total. The number of ether oxygens (including phenoxy) is 3.